The maximum atomic E-state index is 15.1. The summed E-state index contributed by atoms with van der Waals surface area (Å²) < 4.78 is 20.7. The van der Waals surface area contributed by atoms with Crippen molar-refractivity contribution in [3.8, 4) is 11.4 Å². The minimum absolute atomic E-state index is 0.318. The molecule has 3 saturated heterocycles. The Bertz CT molecular complexity index is 1380. The van der Waals surface area contributed by atoms with Crippen molar-refractivity contribution < 1.29 is 9.13 Å². The molecule has 4 aromatic rings. The predicted octanol–water partition coefficient (Wildman–Crippen LogP) is 3.40. The standard InChI is InChI=1S/C25H28FN7OS/c26-17-1-2-18-16(3-6-28-18)20(17)22-30-23(33-9-11-34-12-10-33)21-24(31-22)35-19(29-21)13-32-14-25(15-32)4-7-27-8-5-25/h1-3,6,27-28H,4-5,7-15H2. The molecule has 8 nitrogen and oxygen atoms in total. The number of hydrogen-bond acceptors (Lipinski definition) is 8. The van der Waals surface area contributed by atoms with E-state index in [1.165, 1.54) is 18.9 Å². The molecule has 0 saturated carbocycles. The van der Waals surface area contributed by atoms with E-state index < -0.39 is 0 Å². The number of nitrogens with one attached hydrogen (secondary N) is 2. The van der Waals surface area contributed by atoms with E-state index in [0.717, 1.165) is 77.9 Å². The first kappa shape index (κ1) is 21.6. The van der Waals surface area contributed by atoms with Gasteiger partial charge in [-0.1, -0.05) is 11.3 Å². The molecular weight excluding hydrogens is 465 g/mol. The van der Waals surface area contributed by atoms with Crippen molar-refractivity contribution in [2.24, 2.45) is 5.41 Å². The number of ether oxygens (including phenoxy) is 1. The van der Waals surface area contributed by atoms with Crippen molar-refractivity contribution in [3.05, 3.63) is 35.2 Å². The van der Waals surface area contributed by atoms with E-state index in [9.17, 15) is 0 Å². The maximum Gasteiger partial charge on any atom is 0.166 e. The topological polar surface area (TPSA) is 82.2 Å². The number of morpholine rings is 1. The third-order valence-corrected chi connectivity index (χ3v) is 8.58. The summed E-state index contributed by atoms with van der Waals surface area (Å²) in [5.74, 6) is 0.873. The molecule has 10 heteroatoms. The smallest absolute Gasteiger partial charge is 0.166 e. The number of anilines is 1. The van der Waals surface area contributed by atoms with Crippen LogP contribution in [0.25, 0.3) is 32.6 Å². The van der Waals surface area contributed by atoms with Crippen molar-refractivity contribution in [1.82, 2.24) is 30.2 Å². The lowest BCUT2D eigenvalue weighted by atomic mass is 9.72. The number of benzene rings is 1. The van der Waals surface area contributed by atoms with Crippen LogP contribution in [0.1, 0.15) is 17.8 Å². The monoisotopic (exact) mass is 493 g/mol. The Morgan fingerprint density at radius 3 is 2.71 bits per heavy atom. The number of hydrogen-bond donors (Lipinski definition) is 2. The Morgan fingerprint density at radius 1 is 1.06 bits per heavy atom. The highest BCUT2D eigenvalue weighted by atomic mass is 32.1. The molecule has 1 spiro atoms. The van der Waals surface area contributed by atoms with Gasteiger partial charge in [-0.25, -0.2) is 19.3 Å². The molecule has 0 bridgehead atoms. The van der Waals surface area contributed by atoms with Crippen LogP contribution in [0.3, 0.4) is 0 Å². The Kier molecular flexibility index (Phi) is 5.23. The molecule has 35 heavy (non-hydrogen) atoms. The van der Waals surface area contributed by atoms with Crippen LogP contribution in [0.15, 0.2) is 24.4 Å². The van der Waals surface area contributed by atoms with E-state index in [4.69, 9.17) is 19.7 Å². The molecule has 0 atom stereocenters. The van der Waals surface area contributed by atoms with E-state index in [1.54, 1.807) is 17.4 Å². The molecule has 3 aromatic heterocycles. The lowest BCUT2D eigenvalue weighted by Gasteiger charge is -2.52. The molecule has 3 aliphatic heterocycles. The molecule has 6 heterocycles. The molecule has 0 radical (unpaired) electrons. The van der Waals surface area contributed by atoms with E-state index in [2.05, 4.69) is 20.1 Å². The average molecular weight is 494 g/mol. The highest BCUT2D eigenvalue weighted by Gasteiger charge is 2.43. The van der Waals surface area contributed by atoms with Gasteiger partial charge in [0.25, 0.3) is 0 Å². The van der Waals surface area contributed by atoms with E-state index in [1.807, 2.05) is 12.3 Å². The molecule has 0 amide bonds. The summed E-state index contributed by atoms with van der Waals surface area (Å²) in [6.07, 6.45) is 4.34. The zero-order chi connectivity index (χ0) is 23.4. The van der Waals surface area contributed by atoms with Crippen LogP contribution >= 0.6 is 11.3 Å². The Balaban J connectivity index is 1.27. The Morgan fingerprint density at radius 2 is 1.89 bits per heavy atom. The molecule has 2 N–H and O–H groups in total. The number of H-pyrrole nitrogens is 1. The lowest BCUT2D eigenvalue weighted by Crippen LogP contribution is -2.59. The van der Waals surface area contributed by atoms with E-state index in [0.29, 0.717) is 30.0 Å². The van der Waals surface area contributed by atoms with Gasteiger partial charge in [0.1, 0.15) is 21.2 Å². The van der Waals surface area contributed by atoms with Gasteiger partial charge in [0, 0.05) is 43.3 Å². The van der Waals surface area contributed by atoms with Gasteiger partial charge in [0.05, 0.1) is 25.3 Å². The molecular formula is C25H28FN7OS. The number of aromatic amines is 1. The number of fused-ring (bicyclic) bond motifs is 2. The lowest BCUT2D eigenvalue weighted by molar-refractivity contribution is -0.0282. The van der Waals surface area contributed by atoms with Crippen molar-refractivity contribution in [2.75, 3.05) is 57.4 Å². The summed E-state index contributed by atoms with van der Waals surface area (Å²) in [6.45, 7) is 8.11. The summed E-state index contributed by atoms with van der Waals surface area (Å²) in [5.41, 5.74) is 2.61. The second-order valence-corrected chi connectivity index (χ2v) is 11.1. The number of halogens is 1. The maximum absolute atomic E-state index is 15.1. The van der Waals surface area contributed by atoms with Gasteiger partial charge in [-0.3, -0.25) is 4.90 Å². The molecule has 0 aliphatic carbocycles. The van der Waals surface area contributed by atoms with E-state index in [-0.39, 0.29) is 5.82 Å². The van der Waals surface area contributed by atoms with Crippen LogP contribution in [0.2, 0.25) is 0 Å². The van der Waals surface area contributed by atoms with Gasteiger partial charge in [-0.2, -0.15) is 0 Å². The molecule has 3 aliphatic rings. The van der Waals surface area contributed by atoms with Crippen LogP contribution in [-0.2, 0) is 11.3 Å². The number of rotatable bonds is 4. The van der Waals surface area contributed by atoms with Gasteiger partial charge in [-0.15, -0.1) is 0 Å². The van der Waals surface area contributed by atoms with Crippen LogP contribution in [-0.4, -0.2) is 77.3 Å². The quantitative estimate of drug-likeness (QED) is 0.451. The molecule has 7 rings (SSSR count). The SMILES string of the molecule is Fc1ccc2[nH]ccc2c1-c1nc(N2CCOCC2)c2nc(CN3CC4(CCNCC4)C3)sc2n1. The van der Waals surface area contributed by atoms with Crippen LogP contribution in [0, 0.1) is 11.2 Å². The van der Waals surface area contributed by atoms with Crippen molar-refractivity contribution >= 4 is 38.4 Å². The summed E-state index contributed by atoms with van der Waals surface area (Å²) in [7, 11) is 0. The first-order chi connectivity index (χ1) is 17.2. The normalized spacial score (nSPS) is 20.7. The third-order valence-electron chi connectivity index (χ3n) is 7.64. The summed E-state index contributed by atoms with van der Waals surface area (Å²) in [6, 6.07) is 5.12. The van der Waals surface area contributed by atoms with Crippen molar-refractivity contribution in [2.45, 2.75) is 19.4 Å². The van der Waals surface area contributed by atoms with Gasteiger partial charge >= 0.3 is 0 Å². The highest BCUT2D eigenvalue weighted by molar-refractivity contribution is 7.18. The minimum atomic E-state index is -0.318. The van der Waals surface area contributed by atoms with Crippen LogP contribution < -0.4 is 10.2 Å². The zero-order valence-corrected chi connectivity index (χ0v) is 20.3. The number of aromatic nitrogens is 4. The van der Waals surface area contributed by atoms with Crippen LogP contribution in [0.5, 0.6) is 0 Å². The highest BCUT2D eigenvalue weighted by Crippen LogP contribution is 2.40. The number of piperidine rings is 1. The van der Waals surface area contributed by atoms with Gasteiger partial charge in [0.15, 0.2) is 11.6 Å². The van der Waals surface area contributed by atoms with Crippen molar-refractivity contribution in [3.63, 3.8) is 0 Å². The minimum Gasteiger partial charge on any atom is -0.378 e. The first-order valence-corrected chi connectivity index (χ1v) is 13.2. The zero-order valence-electron chi connectivity index (χ0n) is 19.5. The largest absolute Gasteiger partial charge is 0.378 e. The summed E-state index contributed by atoms with van der Waals surface area (Å²) in [5, 5.41) is 5.31. The summed E-state index contributed by atoms with van der Waals surface area (Å²) >= 11 is 1.61. The van der Waals surface area contributed by atoms with Gasteiger partial charge in [0.2, 0.25) is 0 Å². The second kappa shape index (κ2) is 8.48. The molecule has 182 valence electrons. The molecule has 3 fully saturated rings. The van der Waals surface area contributed by atoms with Gasteiger partial charge < -0.3 is 19.9 Å². The summed E-state index contributed by atoms with van der Waals surface area (Å²) in [4.78, 5) is 23.4. The Labute approximate surface area is 206 Å². The fourth-order valence-corrected chi connectivity index (χ4v) is 6.81. The van der Waals surface area contributed by atoms with Crippen LogP contribution in [0.4, 0.5) is 10.2 Å². The Hall–Kier alpha value is -2.66. The molecule has 0 unspecified atom stereocenters. The fraction of sp³-hybridized carbons (Fsp3) is 0.480. The number of likely N-dealkylation sites (tertiary alicyclic amines) is 1. The average Bonchev–Trinajstić information content (AvgIpc) is 3.50. The predicted molar refractivity (Wildman–Crippen MR) is 135 cm³/mol. The van der Waals surface area contributed by atoms with Gasteiger partial charge in [-0.05, 0) is 49.5 Å². The van der Waals surface area contributed by atoms with E-state index >= 15 is 4.39 Å². The van der Waals surface area contributed by atoms with Crippen molar-refractivity contribution in [1.29, 1.82) is 0 Å². The second-order valence-electron chi connectivity index (χ2n) is 9.99. The third kappa shape index (κ3) is 3.79. The fourth-order valence-electron chi connectivity index (χ4n) is 5.84. The number of nitrogens with zero attached hydrogens (tertiary/aromatic N) is 5. The first-order valence-electron chi connectivity index (χ1n) is 12.4. The number of thiazole rings is 1. The molecule has 1 aromatic carbocycles.